The maximum atomic E-state index is 12.3. The third kappa shape index (κ3) is 4.85. The molecular weight excluding hydrogens is 296 g/mol. The number of nitrogens with one attached hydrogen (secondary N) is 2. The van der Waals surface area contributed by atoms with Gasteiger partial charge in [-0.1, -0.05) is 64.1 Å². The first-order valence-electron chi connectivity index (χ1n) is 8.63. The largest absolute Gasteiger partial charge is 0.384 e. The Bertz CT molecular complexity index is 686. The normalized spacial score (nSPS) is 11.2. The maximum Gasteiger partial charge on any atom is 0.226 e. The highest BCUT2D eigenvalue weighted by Crippen LogP contribution is 2.29. The second kappa shape index (κ2) is 8.00. The van der Waals surface area contributed by atoms with Crippen LogP contribution < -0.4 is 10.6 Å². The van der Waals surface area contributed by atoms with Crippen molar-refractivity contribution in [1.82, 2.24) is 0 Å². The molecule has 2 aromatic carbocycles. The molecule has 0 aliphatic heterocycles. The Morgan fingerprint density at radius 2 is 1.58 bits per heavy atom. The molecule has 2 rings (SSSR count). The Hall–Kier alpha value is -2.29. The zero-order valence-electron chi connectivity index (χ0n) is 15.1. The fraction of sp³-hybridized carbons (Fsp3) is 0.381. The van der Waals surface area contributed by atoms with Gasteiger partial charge in [-0.2, -0.15) is 0 Å². The molecular formula is C21H28N2O. The SMILES string of the molecule is CCc1ccccc1NCCC(=O)Nc1ccccc1C(C)(C)C. The van der Waals surface area contributed by atoms with E-state index in [1.165, 1.54) is 5.56 Å². The van der Waals surface area contributed by atoms with Crippen molar-refractivity contribution in [2.75, 3.05) is 17.2 Å². The van der Waals surface area contributed by atoms with E-state index in [4.69, 9.17) is 0 Å². The molecule has 0 radical (unpaired) electrons. The molecule has 0 aromatic heterocycles. The lowest BCUT2D eigenvalue weighted by Gasteiger charge is -2.23. The molecule has 0 aliphatic carbocycles. The van der Waals surface area contributed by atoms with E-state index in [2.05, 4.69) is 56.5 Å². The van der Waals surface area contributed by atoms with E-state index in [9.17, 15) is 4.79 Å². The zero-order chi connectivity index (χ0) is 17.6. The van der Waals surface area contributed by atoms with Gasteiger partial charge in [-0.25, -0.2) is 0 Å². The smallest absolute Gasteiger partial charge is 0.226 e. The number of hydrogen-bond acceptors (Lipinski definition) is 2. The fourth-order valence-electron chi connectivity index (χ4n) is 2.77. The van der Waals surface area contributed by atoms with E-state index in [0.717, 1.165) is 23.4 Å². The van der Waals surface area contributed by atoms with E-state index in [0.29, 0.717) is 13.0 Å². The number of para-hydroxylation sites is 2. The summed E-state index contributed by atoms with van der Waals surface area (Å²) in [5.41, 5.74) is 4.45. The van der Waals surface area contributed by atoms with Gasteiger partial charge in [-0.05, 0) is 35.1 Å². The van der Waals surface area contributed by atoms with E-state index in [1.807, 2.05) is 30.3 Å². The van der Waals surface area contributed by atoms with Crippen LogP contribution in [0.2, 0.25) is 0 Å². The quantitative estimate of drug-likeness (QED) is 0.786. The Morgan fingerprint density at radius 1 is 0.958 bits per heavy atom. The van der Waals surface area contributed by atoms with E-state index < -0.39 is 0 Å². The third-order valence-electron chi connectivity index (χ3n) is 4.07. The van der Waals surface area contributed by atoms with E-state index in [-0.39, 0.29) is 11.3 Å². The van der Waals surface area contributed by atoms with Gasteiger partial charge >= 0.3 is 0 Å². The number of carbonyl (C=O) groups excluding carboxylic acids is 1. The van der Waals surface area contributed by atoms with Crippen LogP contribution in [0, 0.1) is 0 Å². The summed E-state index contributed by atoms with van der Waals surface area (Å²) in [6, 6.07) is 16.2. The molecule has 0 unspecified atom stereocenters. The molecule has 2 aromatic rings. The summed E-state index contributed by atoms with van der Waals surface area (Å²) in [4.78, 5) is 12.3. The number of carbonyl (C=O) groups is 1. The highest BCUT2D eigenvalue weighted by Gasteiger charge is 2.18. The number of anilines is 2. The summed E-state index contributed by atoms with van der Waals surface area (Å²) in [6.45, 7) is 9.22. The van der Waals surface area contributed by atoms with Crippen LogP contribution in [0.15, 0.2) is 48.5 Å². The van der Waals surface area contributed by atoms with Gasteiger partial charge in [-0.3, -0.25) is 4.79 Å². The molecule has 0 saturated heterocycles. The zero-order valence-corrected chi connectivity index (χ0v) is 15.1. The first-order chi connectivity index (χ1) is 11.4. The first-order valence-corrected chi connectivity index (χ1v) is 8.63. The molecule has 0 atom stereocenters. The van der Waals surface area contributed by atoms with Gasteiger partial charge in [-0.15, -0.1) is 0 Å². The minimum Gasteiger partial charge on any atom is -0.384 e. The second-order valence-electron chi connectivity index (χ2n) is 7.03. The molecule has 2 N–H and O–H groups in total. The molecule has 3 nitrogen and oxygen atoms in total. The van der Waals surface area contributed by atoms with Crippen molar-refractivity contribution < 1.29 is 4.79 Å². The summed E-state index contributed by atoms with van der Waals surface area (Å²) in [5, 5.41) is 6.42. The van der Waals surface area contributed by atoms with E-state index in [1.54, 1.807) is 0 Å². The van der Waals surface area contributed by atoms with Gasteiger partial charge in [0.1, 0.15) is 0 Å². The molecule has 0 saturated carbocycles. The molecule has 128 valence electrons. The second-order valence-corrected chi connectivity index (χ2v) is 7.03. The topological polar surface area (TPSA) is 41.1 Å². The van der Waals surface area contributed by atoms with Crippen molar-refractivity contribution >= 4 is 17.3 Å². The average Bonchev–Trinajstić information content (AvgIpc) is 2.55. The molecule has 3 heteroatoms. The van der Waals surface area contributed by atoms with Crippen LogP contribution in [-0.4, -0.2) is 12.5 Å². The van der Waals surface area contributed by atoms with Crippen LogP contribution in [0.3, 0.4) is 0 Å². The van der Waals surface area contributed by atoms with Gasteiger partial charge in [0, 0.05) is 24.3 Å². The predicted octanol–water partition coefficient (Wildman–Crippen LogP) is 4.99. The Labute approximate surface area is 145 Å². The minimum atomic E-state index is 0.00217. The van der Waals surface area contributed by atoms with Gasteiger partial charge in [0.25, 0.3) is 0 Å². The van der Waals surface area contributed by atoms with Gasteiger partial charge in [0.2, 0.25) is 5.91 Å². The number of aryl methyl sites for hydroxylation is 1. The summed E-state index contributed by atoms with van der Waals surface area (Å²) in [5.74, 6) is 0.0354. The molecule has 24 heavy (non-hydrogen) atoms. The molecule has 0 bridgehead atoms. The van der Waals surface area contributed by atoms with Crippen molar-refractivity contribution in [1.29, 1.82) is 0 Å². The van der Waals surface area contributed by atoms with Crippen LogP contribution in [0.4, 0.5) is 11.4 Å². The first kappa shape index (κ1) is 18.1. The van der Waals surface area contributed by atoms with Crippen molar-refractivity contribution in [2.45, 2.75) is 46.0 Å². The monoisotopic (exact) mass is 324 g/mol. The van der Waals surface area contributed by atoms with Crippen LogP contribution in [-0.2, 0) is 16.6 Å². The average molecular weight is 324 g/mol. The Morgan fingerprint density at radius 3 is 2.25 bits per heavy atom. The van der Waals surface area contributed by atoms with Gasteiger partial charge in [0.15, 0.2) is 0 Å². The molecule has 1 amide bonds. The lowest BCUT2D eigenvalue weighted by atomic mass is 9.86. The summed E-state index contributed by atoms with van der Waals surface area (Å²) >= 11 is 0. The maximum absolute atomic E-state index is 12.3. The molecule has 0 fully saturated rings. The number of benzene rings is 2. The number of rotatable bonds is 6. The van der Waals surface area contributed by atoms with Crippen LogP contribution in [0.5, 0.6) is 0 Å². The minimum absolute atomic E-state index is 0.00217. The van der Waals surface area contributed by atoms with Gasteiger partial charge < -0.3 is 10.6 Å². The van der Waals surface area contributed by atoms with Crippen molar-refractivity contribution in [3.8, 4) is 0 Å². The Kier molecular flexibility index (Phi) is 6.02. The highest BCUT2D eigenvalue weighted by molar-refractivity contribution is 5.92. The molecule has 0 heterocycles. The fourth-order valence-corrected chi connectivity index (χ4v) is 2.77. The van der Waals surface area contributed by atoms with Crippen molar-refractivity contribution in [3.63, 3.8) is 0 Å². The van der Waals surface area contributed by atoms with Crippen LogP contribution in [0.1, 0.15) is 45.2 Å². The van der Waals surface area contributed by atoms with Crippen LogP contribution >= 0.6 is 0 Å². The number of amides is 1. The predicted molar refractivity (Wildman–Crippen MR) is 103 cm³/mol. The van der Waals surface area contributed by atoms with E-state index >= 15 is 0 Å². The molecule has 0 spiro atoms. The lowest BCUT2D eigenvalue weighted by Crippen LogP contribution is -2.20. The summed E-state index contributed by atoms with van der Waals surface area (Å²) < 4.78 is 0. The summed E-state index contributed by atoms with van der Waals surface area (Å²) in [6.07, 6.45) is 1.42. The number of hydrogen-bond donors (Lipinski definition) is 2. The third-order valence-corrected chi connectivity index (χ3v) is 4.07. The van der Waals surface area contributed by atoms with Crippen molar-refractivity contribution in [3.05, 3.63) is 59.7 Å². The summed E-state index contributed by atoms with van der Waals surface area (Å²) in [7, 11) is 0. The Balaban J connectivity index is 1.93. The van der Waals surface area contributed by atoms with Crippen molar-refractivity contribution in [2.24, 2.45) is 0 Å². The standard InChI is InChI=1S/C21H28N2O/c1-5-16-10-6-8-12-18(16)22-15-14-20(24)23-19-13-9-7-11-17(19)21(2,3)4/h6-13,22H,5,14-15H2,1-4H3,(H,23,24). The molecule has 0 aliphatic rings. The van der Waals surface area contributed by atoms with Crippen LogP contribution in [0.25, 0.3) is 0 Å². The lowest BCUT2D eigenvalue weighted by molar-refractivity contribution is -0.115. The van der Waals surface area contributed by atoms with Gasteiger partial charge in [0.05, 0.1) is 0 Å². The highest BCUT2D eigenvalue weighted by atomic mass is 16.1.